The Labute approximate surface area is 116 Å². The first-order chi connectivity index (χ1) is 8.82. The van der Waals surface area contributed by atoms with E-state index in [9.17, 15) is 0 Å². The second kappa shape index (κ2) is 4.82. The van der Waals surface area contributed by atoms with Crippen LogP contribution in [0.3, 0.4) is 0 Å². The van der Waals surface area contributed by atoms with E-state index in [4.69, 9.17) is 4.74 Å². The van der Waals surface area contributed by atoms with E-state index in [2.05, 4.69) is 49.5 Å². The summed E-state index contributed by atoms with van der Waals surface area (Å²) < 4.78 is 7.35. The Morgan fingerprint density at radius 2 is 2.00 bits per heavy atom. The lowest BCUT2D eigenvalue weighted by Gasteiger charge is -2.16. The van der Waals surface area contributed by atoms with Crippen molar-refractivity contribution in [2.45, 2.75) is 40.7 Å². The molecule has 1 fully saturated rings. The summed E-state index contributed by atoms with van der Waals surface area (Å²) in [6.07, 6.45) is 3.85. The Kier molecular flexibility index (Phi) is 3.65. The van der Waals surface area contributed by atoms with E-state index < -0.39 is 0 Å². The molecule has 1 N–H and O–H groups in total. The van der Waals surface area contributed by atoms with Crippen molar-refractivity contribution in [3.63, 3.8) is 0 Å². The van der Waals surface area contributed by atoms with Gasteiger partial charge in [-0.1, -0.05) is 27.7 Å². The fourth-order valence-corrected chi connectivity index (χ4v) is 3.16. The van der Waals surface area contributed by atoms with Gasteiger partial charge in [0.05, 0.1) is 12.6 Å². The molecule has 0 spiro atoms. The molecule has 0 saturated heterocycles. The Morgan fingerprint density at radius 1 is 1.37 bits per heavy atom. The summed E-state index contributed by atoms with van der Waals surface area (Å²) >= 11 is 0. The number of methoxy groups -OCH3 is 1. The topological polar surface area (TPSA) is 39.1 Å². The van der Waals surface area contributed by atoms with Crippen LogP contribution in [0, 0.1) is 16.7 Å². The van der Waals surface area contributed by atoms with Crippen molar-refractivity contribution in [3.8, 4) is 0 Å². The highest BCUT2D eigenvalue weighted by Gasteiger charge is 2.64. The highest BCUT2D eigenvalue weighted by molar-refractivity contribution is 5.29. The van der Waals surface area contributed by atoms with E-state index in [1.807, 2.05) is 12.4 Å². The molecule has 1 aliphatic rings. The summed E-state index contributed by atoms with van der Waals surface area (Å²) in [5, 5.41) is 3.50. The van der Waals surface area contributed by atoms with Crippen LogP contribution in [-0.4, -0.2) is 29.8 Å². The molecule has 1 saturated carbocycles. The Hall–Kier alpha value is -1.03. The number of anilines is 1. The summed E-state index contributed by atoms with van der Waals surface area (Å²) in [7, 11) is 1.73. The Balaban J connectivity index is 1.97. The maximum absolute atomic E-state index is 5.21. The summed E-state index contributed by atoms with van der Waals surface area (Å²) in [6, 6.07) is 0.301. The number of hydrogen-bond donors (Lipinski definition) is 1. The molecule has 4 heteroatoms. The lowest BCUT2D eigenvalue weighted by atomic mass is 10.0. The maximum atomic E-state index is 5.21. The minimum absolute atomic E-state index is 0.301. The van der Waals surface area contributed by atoms with Gasteiger partial charge < -0.3 is 14.6 Å². The highest BCUT2D eigenvalue weighted by atomic mass is 16.5. The SMILES string of the molecule is COCC(C)n1ccnc1NCC1C(C)(C)C1(C)C. The molecule has 1 atom stereocenters. The number of aromatic nitrogens is 2. The zero-order chi connectivity index (χ0) is 14.3. The molecule has 1 aromatic rings. The fourth-order valence-electron chi connectivity index (χ4n) is 3.16. The molecule has 2 rings (SSSR count). The van der Waals surface area contributed by atoms with Crippen molar-refractivity contribution in [3.05, 3.63) is 12.4 Å². The number of hydrogen-bond acceptors (Lipinski definition) is 3. The number of ether oxygens (including phenoxy) is 1. The van der Waals surface area contributed by atoms with Crippen molar-refractivity contribution in [2.75, 3.05) is 25.6 Å². The first kappa shape index (κ1) is 14.4. The predicted octanol–water partition coefficient (Wildman–Crippen LogP) is 3.18. The molecular weight excluding hydrogens is 238 g/mol. The zero-order valence-electron chi connectivity index (χ0n) is 13.0. The maximum Gasteiger partial charge on any atom is 0.203 e. The summed E-state index contributed by atoms with van der Waals surface area (Å²) in [4.78, 5) is 4.41. The molecule has 1 heterocycles. The van der Waals surface area contributed by atoms with Crippen LogP contribution in [0.2, 0.25) is 0 Å². The lowest BCUT2D eigenvalue weighted by molar-refractivity contribution is 0.163. The van der Waals surface area contributed by atoms with Crippen molar-refractivity contribution >= 4 is 5.95 Å². The van der Waals surface area contributed by atoms with E-state index in [0.29, 0.717) is 29.4 Å². The van der Waals surface area contributed by atoms with Crippen molar-refractivity contribution < 1.29 is 4.74 Å². The number of nitrogens with zero attached hydrogens (tertiary/aromatic N) is 2. The average Bonchev–Trinajstić information content (AvgIpc) is 2.71. The number of imidazole rings is 1. The third-order valence-corrected chi connectivity index (χ3v) is 5.34. The summed E-state index contributed by atoms with van der Waals surface area (Å²) in [5.74, 6) is 1.64. The van der Waals surface area contributed by atoms with Crippen LogP contribution in [-0.2, 0) is 4.74 Å². The van der Waals surface area contributed by atoms with Gasteiger partial charge in [-0.15, -0.1) is 0 Å². The molecule has 19 heavy (non-hydrogen) atoms. The standard InChI is InChI=1S/C15H27N3O/c1-11(10-19-6)18-8-7-16-13(18)17-9-12-14(2,3)15(12,4)5/h7-8,11-12H,9-10H2,1-6H3,(H,16,17). The van der Waals surface area contributed by atoms with E-state index in [0.717, 1.165) is 12.5 Å². The van der Waals surface area contributed by atoms with Gasteiger partial charge in [-0.25, -0.2) is 4.98 Å². The second-order valence-corrected chi connectivity index (χ2v) is 6.84. The fraction of sp³-hybridized carbons (Fsp3) is 0.800. The Bertz CT molecular complexity index is 422. The number of nitrogens with one attached hydrogen (secondary N) is 1. The minimum atomic E-state index is 0.301. The van der Waals surface area contributed by atoms with E-state index in [1.165, 1.54) is 0 Å². The lowest BCUT2D eigenvalue weighted by Crippen LogP contribution is -2.16. The largest absolute Gasteiger partial charge is 0.383 e. The van der Waals surface area contributed by atoms with Gasteiger partial charge >= 0.3 is 0 Å². The van der Waals surface area contributed by atoms with Gasteiger partial charge in [0.15, 0.2) is 0 Å². The molecular formula is C15H27N3O. The van der Waals surface area contributed by atoms with Crippen LogP contribution in [0.1, 0.15) is 40.7 Å². The summed E-state index contributed by atoms with van der Waals surface area (Å²) in [5.41, 5.74) is 0.825. The van der Waals surface area contributed by atoms with Gasteiger partial charge in [-0.05, 0) is 23.7 Å². The molecule has 1 aliphatic carbocycles. The first-order valence-corrected chi connectivity index (χ1v) is 7.08. The monoisotopic (exact) mass is 265 g/mol. The van der Waals surface area contributed by atoms with Crippen LogP contribution in [0.25, 0.3) is 0 Å². The van der Waals surface area contributed by atoms with Crippen molar-refractivity contribution in [2.24, 2.45) is 16.7 Å². The molecule has 1 aromatic heterocycles. The molecule has 1 unspecified atom stereocenters. The quantitative estimate of drug-likeness (QED) is 0.858. The van der Waals surface area contributed by atoms with Crippen molar-refractivity contribution in [1.29, 1.82) is 0 Å². The van der Waals surface area contributed by atoms with Crippen molar-refractivity contribution in [1.82, 2.24) is 9.55 Å². The molecule has 0 amide bonds. The average molecular weight is 265 g/mol. The van der Waals surface area contributed by atoms with Crippen LogP contribution >= 0.6 is 0 Å². The van der Waals surface area contributed by atoms with Crippen LogP contribution in [0.4, 0.5) is 5.95 Å². The van der Waals surface area contributed by atoms with E-state index >= 15 is 0 Å². The van der Waals surface area contributed by atoms with E-state index in [1.54, 1.807) is 7.11 Å². The normalized spacial score (nSPS) is 22.2. The molecule has 4 nitrogen and oxygen atoms in total. The molecule has 0 aromatic carbocycles. The van der Waals surface area contributed by atoms with Crippen LogP contribution in [0.15, 0.2) is 12.4 Å². The first-order valence-electron chi connectivity index (χ1n) is 7.08. The van der Waals surface area contributed by atoms with Gasteiger partial charge in [0, 0.05) is 26.0 Å². The zero-order valence-corrected chi connectivity index (χ0v) is 13.0. The third-order valence-electron chi connectivity index (χ3n) is 5.34. The molecule has 0 bridgehead atoms. The smallest absolute Gasteiger partial charge is 0.203 e. The van der Waals surface area contributed by atoms with Crippen LogP contribution < -0.4 is 5.32 Å². The molecule has 0 aliphatic heterocycles. The predicted molar refractivity (Wildman–Crippen MR) is 78.4 cm³/mol. The van der Waals surface area contributed by atoms with Gasteiger partial charge in [0.25, 0.3) is 0 Å². The minimum Gasteiger partial charge on any atom is -0.383 e. The number of rotatable bonds is 6. The molecule has 0 radical (unpaired) electrons. The van der Waals surface area contributed by atoms with Gasteiger partial charge in [-0.2, -0.15) is 0 Å². The summed E-state index contributed by atoms with van der Waals surface area (Å²) in [6.45, 7) is 13.2. The van der Waals surface area contributed by atoms with Crippen LogP contribution in [0.5, 0.6) is 0 Å². The van der Waals surface area contributed by atoms with E-state index in [-0.39, 0.29) is 0 Å². The third kappa shape index (κ3) is 2.38. The Morgan fingerprint density at radius 3 is 2.53 bits per heavy atom. The van der Waals surface area contributed by atoms with Gasteiger partial charge in [-0.3, -0.25) is 0 Å². The van der Waals surface area contributed by atoms with Gasteiger partial charge in [0.2, 0.25) is 5.95 Å². The highest BCUT2D eigenvalue weighted by Crippen LogP contribution is 2.68. The molecule has 108 valence electrons. The van der Waals surface area contributed by atoms with Gasteiger partial charge in [0.1, 0.15) is 0 Å². The second-order valence-electron chi connectivity index (χ2n) is 6.84.